The van der Waals surface area contributed by atoms with Crippen molar-refractivity contribution in [2.45, 2.75) is 45.3 Å². The number of carbonyl (C=O) groups is 2. The molecular weight excluding hydrogens is 355 g/mol. The van der Waals surface area contributed by atoms with E-state index in [2.05, 4.69) is 10.2 Å². The van der Waals surface area contributed by atoms with Crippen molar-refractivity contribution in [1.82, 2.24) is 10.2 Å². The maximum absolute atomic E-state index is 13.9. The third-order valence-electron chi connectivity index (χ3n) is 4.07. The standard InChI is InChI=1S/C19H27FN2O5/c1-19(2,3)27-18(25)21-14-5-4-8-22(12-14)9-10-26-16-7-6-13(17(23)24)11-15(16)20/h6-7,11,14H,4-5,8-10,12H2,1-3H3,(H,21,25)(H,23,24)/t14-/m0/s1. The summed E-state index contributed by atoms with van der Waals surface area (Å²) in [5, 5.41) is 11.7. The average Bonchev–Trinajstić information content (AvgIpc) is 2.54. The summed E-state index contributed by atoms with van der Waals surface area (Å²) >= 11 is 0. The molecule has 0 radical (unpaired) electrons. The molecule has 0 aromatic heterocycles. The molecule has 1 saturated heterocycles. The van der Waals surface area contributed by atoms with Crippen LogP contribution in [0.2, 0.25) is 0 Å². The fourth-order valence-corrected chi connectivity index (χ4v) is 2.89. The molecule has 1 atom stereocenters. The highest BCUT2D eigenvalue weighted by Crippen LogP contribution is 2.19. The van der Waals surface area contributed by atoms with Crippen LogP contribution in [0.25, 0.3) is 0 Å². The van der Waals surface area contributed by atoms with E-state index in [0.29, 0.717) is 13.1 Å². The number of halogens is 1. The second-order valence-corrected chi connectivity index (χ2v) is 7.58. The molecule has 0 bridgehead atoms. The molecule has 0 unspecified atom stereocenters. The Balaban J connectivity index is 1.77. The van der Waals surface area contributed by atoms with Crippen molar-refractivity contribution >= 4 is 12.1 Å². The van der Waals surface area contributed by atoms with Crippen LogP contribution in [0.1, 0.15) is 44.0 Å². The summed E-state index contributed by atoms with van der Waals surface area (Å²) in [6.07, 6.45) is 1.38. The number of benzene rings is 1. The van der Waals surface area contributed by atoms with E-state index in [1.54, 1.807) is 0 Å². The zero-order valence-corrected chi connectivity index (χ0v) is 16.0. The Kier molecular flexibility index (Phi) is 7.01. The lowest BCUT2D eigenvalue weighted by molar-refractivity contribution is 0.0468. The van der Waals surface area contributed by atoms with Gasteiger partial charge in [0.05, 0.1) is 5.56 Å². The van der Waals surface area contributed by atoms with Gasteiger partial charge in [-0.2, -0.15) is 0 Å². The normalized spacial score (nSPS) is 18.0. The van der Waals surface area contributed by atoms with E-state index < -0.39 is 23.5 Å². The van der Waals surface area contributed by atoms with Crippen LogP contribution in [0, 0.1) is 5.82 Å². The second-order valence-electron chi connectivity index (χ2n) is 7.58. The van der Waals surface area contributed by atoms with Gasteiger partial charge in [-0.15, -0.1) is 0 Å². The van der Waals surface area contributed by atoms with Crippen LogP contribution >= 0.6 is 0 Å². The lowest BCUT2D eigenvalue weighted by Gasteiger charge is -2.33. The van der Waals surface area contributed by atoms with Crippen LogP contribution in [-0.2, 0) is 4.74 Å². The Labute approximate surface area is 158 Å². The van der Waals surface area contributed by atoms with E-state index in [9.17, 15) is 14.0 Å². The molecule has 1 amide bonds. The lowest BCUT2D eigenvalue weighted by Crippen LogP contribution is -2.49. The summed E-state index contributed by atoms with van der Waals surface area (Å²) in [5.41, 5.74) is -0.654. The van der Waals surface area contributed by atoms with Gasteiger partial charge in [-0.1, -0.05) is 0 Å². The molecule has 0 spiro atoms. The predicted octanol–water partition coefficient (Wildman–Crippen LogP) is 2.89. The van der Waals surface area contributed by atoms with Gasteiger partial charge in [-0.3, -0.25) is 4.90 Å². The van der Waals surface area contributed by atoms with Crippen molar-refractivity contribution in [1.29, 1.82) is 0 Å². The van der Waals surface area contributed by atoms with Crippen molar-refractivity contribution in [2.75, 3.05) is 26.2 Å². The van der Waals surface area contributed by atoms with E-state index >= 15 is 0 Å². The number of aromatic carboxylic acids is 1. The average molecular weight is 382 g/mol. The molecule has 2 N–H and O–H groups in total. The molecule has 0 aliphatic carbocycles. The molecule has 1 aliphatic heterocycles. The number of hydrogen-bond acceptors (Lipinski definition) is 5. The summed E-state index contributed by atoms with van der Waals surface area (Å²) in [4.78, 5) is 24.8. The first kappa shape index (κ1) is 21.0. The van der Waals surface area contributed by atoms with Crippen LogP contribution in [-0.4, -0.2) is 60.0 Å². The third-order valence-corrected chi connectivity index (χ3v) is 4.07. The first-order valence-corrected chi connectivity index (χ1v) is 9.01. The van der Waals surface area contributed by atoms with Crippen LogP contribution in [0.3, 0.4) is 0 Å². The van der Waals surface area contributed by atoms with Gasteiger partial charge in [0, 0.05) is 19.1 Å². The van der Waals surface area contributed by atoms with Gasteiger partial charge >= 0.3 is 12.1 Å². The highest BCUT2D eigenvalue weighted by Gasteiger charge is 2.24. The molecule has 7 nitrogen and oxygen atoms in total. The highest BCUT2D eigenvalue weighted by molar-refractivity contribution is 5.87. The van der Waals surface area contributed by atoms with Gasteiger partial charge in [-0.25, -0.2) is 14.0 Å². The van der Waals surface area contributed by atoms with Crippen molar-refractivity contribution in [3.63, 3.8) is 0 Å². The SMILES string of the molecule is CC(C)(C)OC(=O)N[C@H]1CCCN(CCOc2ccc(C(=O)O)cc2F)C1. The van der Waals surface area contributed by atoms with Crippen molar-refractivity contribution < 1.29 is 28.6 Å². The van der Waals surface area contributed by atoms with Gasteiger partial charge in [0.15, 0.2) is 11.6 Å². The Bertz CT molecular complexity index is 675. The van der Waals surface area contributed by atoms with E-state index in [1.807, 2.05) is 20.8 Å². The number of carboxylic acid groups (broad SMARTS) is 1. The fourth-order valence-electron chi connectivity index (χ4n) is 2.89. The molecule has 27 heavy (non-hydrogen) atoms. The van der Waals surface area contributed by atoms with Crippen molar-refractivity contribution in [3.05, 3.63) is 29.6 Å². The van der Waals surface area contributed by atoms with E-state index in [4.69, 9.17) is 14.6 Å². The van der Waals surface area contributed by atoms with Crippen molar-refractivity contribution in [3.8, 4) is 5.75 Å². The zero-order valence-electron chi connectivity index (χ0n) is 16.0. The molecule has 8 heteroatoms. The Hall–Kier alpha value is -2.35. The number of hydrogen-bond donors (Lipinski definition) is 2. The van der Waals surface area contributed by atoms with E-state index in [-0.39, 0.29) is 24.0 Å². The Morgan fingerprint density at radius 3 is 2.74 bits per heavy atom. The number of alkyl carbamates (subject to hydrolysis) is 1. The van der Waals surface area contributed by atoms with Gasteiger partial charge in [0.1, 0.15) is 12.2 Å². The summed E-state index contributed by atoms with van der Waals surface area (Å²) in [7, 11) is 0. The first-order valence-electron chi connectivity index (χ1n) is 9.01. The van der Waals surface area contributed by atoms with Crippen LogP contribution in [0.15, 0.2) is 18.2 Å². The fraction of sp³-hybridized carbons (Fsp3) is 0.579. The molecule has 1 aromatic rings. The molecule has 1 fully saturated rings. The minimum atomic E-state index is -1.18. The maximum atomic E-state index is 13.9. The van der Waals surface area contributed by atoms with Gasteiger partial charge in [0.25, 0.3) is 0 Å². The monoisotopic (exact) mass is 382 g/mol. The number of ether oxygens (including phenoxy) is 2. The highest BCUT2D eigenvalue weighted by atomic mass is 19.1. The number of piperidine rings is 1. The molecule has 1 aromatic carbocycles. The van der Waals surface area contributed by atoms with Crippen LogP contribution in [0.4, 0.5) is 9.18 Å². The smallest absolute Gasteiger partial charge is 0.407 e. The number of nitrogens with zero attached hydrogens (tertiary/aromatic N) is 1. The number of nitrogens with one attached hydrogen (secondary N) is 1. The number of likely N-dealkylation sites (tertiary alicyclic amines) is 1. The molecule has 1 aliphatic rings. The third kappa shape index (κ3) is 7.05. The second kappa shape index (κ2) is 9.03. The molecule has 0 saturated carbocycles. The maximum Gasteiger partial charge on any atom is 0.407 e. The van der Waals surface area contributed by atoms with E-state index in [0.717, 1.165) is 25.5 Å². The number of carbonyl (C=O) groups excluding carboxylic acids is 1. The van der Waals surface area contributed by atoms with Crippen LogP contribution in [0.5, 0.6) is 5.75 Å². The zero-order chi connectivity index (χ0) is 20.0. The summed E-state index contributed by atoms with van der Waals surface area (Å²) in [5.74, 6) is -1.85. The number of rotatable bonds is 6. The summed E-state index contributed by atoms with van der Waals surface area (Å²) in [6, 6.07) is 3.57. The van der Waals surface area contributed by atoms with E-state index in [1.165, 1.54) is 12.1 Å². The number of carboxylic acids is 1. The Morgan fingerprint density at radius 1 is 1.37 bits per heavy atom. The molecule has 150 valence electrons. The topological polar surface area (TPSA) is 88.1 Å². The molecule has 2 rings (SSSR count). The summed E-state index contributed by atoms with van der Waals surface area (Å²) < 4.78 is 24.6. The van der Waals surface area contributed by atoms with Gasteiger partial charge < -0.3 is 19.9 Å². The first-order chi connectivity index (χ1) is 12.6. The summed E-state index contributed by atoms with van der Waals surface area (Å²) in [6.45, 7) is 7.84. The molecular formula is C19H27FN2O5. The minimum Gasteiger partial charge on any atom is -0.489 e. The van der Waals surface area contributed by atoms with Gasteiger partial charge in [0.2, 0.25) is 0 Å². The number of amides is 1. The van der Waals surface area contributed by atoms with Gasteiger partial charge in [-0.05, 0) is 58.4 Å². The lowest BCUT2D eigenvalue weighted by atomic mass is 10.1. The van der Waals surface area contributed by atoms with Crippen molar-refractivity contribution in [2.24, 2.45) is 0 Å². The quantitative estimate of drug-likeness (QED) is 0.787. The van der Waals surface area contributed by atoms with Crippen LogP contribution < -0.4 is 10.1 Å². The molecule has 1 heterocycles. The largest absolute Gasteiger partial charge is 0.489 e. The minimum absolute atomic E-state index is 0.000172. The Morgan fingerprint density at radius 2 is 2.11 bits per heavy atom. The predicted molar refractivity (Wildman–Crippen MR) is 97.7 cm³/mol.